The van der Waals surface area contributed by atoms with Crippen LogP contribution in [-0.4, -0.2) is 47.1 Å². The third-order valence-electron chi connectivity index (χ3n) is 8.90. The number of nitrogens with zero attached hydrogens (tertiary/aromatic N) is 2. The molecule has 1 aliphatic rings. The third-order valence-corrected chi connectivity index (χ3v) is 8.90. The Hall–Kier alpha value is -4.06. The van der Waals surface area contributed by atoms with Gasteiger partial charge in [-0.25, -0.2) is 8.78 Å². The molecule has 2 aromatic carbocycles. The maximum Gasteiger partial charge on any atom is 0.416 e. The fraction of sp³-hybridized carbons (Fsp3) is 0.486. The van der Waals surface area contributed by atoms with Gasteiger partial charge in [-0.1, -0.05) is 31.5 Å². The van der Waals surface area contributed by atoms with Gasteiger partial charge in [0.1, 0.15) is 17.7 Å². The highest BCUT2D eigenvalue weighted by Crippen LogP contribution is 2.46. The lowest BCUT2D eigenvalue weighted by molar-refractivity contribution is -0.139. The van der Waals surface area contributed by atoms with Crippen LogP contribution in [0.5, 0.6) is 0 Å². The van der Waals surface area contributed by atoms with E-state index in [0.29, 0.717) is 24.5 Å². The van der Waals surface area contributed by atoms with Gasteiger partial charge in [-0.3, -0.25) is 14.4 Å². The van der Waals surface area contributed by atoms with Crippen molar-refractivity contribution < 1.29 is 36.6 Å². The van der Waals surface area contributed by atoms with Crippen LogP contribution < -0.4 is 10.9 Å². The van der Waals surface area contributed by atoms with Crippen molar-refractivity contribution in [1.82, 2.24) is 14.8 Å². The molecule has 7 nitrogen and oxygen atoms in total. The van der Waals surface area contributed by atoms with Gasteiger partial charge in [0.15, 0.2) is 0 Å². The second-order valence-electron chi connectivity index (χ2n) is 13.9. The Morgan fingerprint density at radius 3 is 2.14 bits per heavy atom. The first-order valence-corrected chi connectivity index (χ1v) is 16.4. The van der Waals surface area contributed by atoms with Crippen LogP contribution in [-0.2, 0) is 22.2 Å². The third kappa shape index (κ3) is 8.76. The smallest absolute Gasteiger partial charge is 0.416 e. The normalized spacial score (nSPS) is 14.7. The standard InChI is InChI=1S/C37H44F5N3O4/c1-19(2)12-29(45-18-24(10-11-44(6)7)27(16-30(45)46)37(40,41)42)36(49)43-28(17-31(47)48)33-34(38)25(23-8-9-23)15-26(35(33)39)32-21(4)13-20(3)14-22(32)5/h13-16,18-19,23,28-29H,8-12,17H2,1-7H3,(H,43,49)(H,47,48). The maximum atomic E-state index is 16.7. The van der Waals surface area contributed by atoms with Gasteiger partial charge in [-0.15, -0.1) is 0 Å². The molecule has 0 bridgehead atoms. The number of aryl methyl sites for hydroxylation is 3. The molecular formula is C37H44F5N3O4. The van der Waals surface area contributed by atoms with Crippen LogP contribution in [0.15, 0.2) is 35.3 Å². The van der Waals surface area contributed by atoms with Crippen molar-refractivity contribution in [3.8, 4) is 11.1 Å². The van der Waals surface area contributed by atoms with E-state index in [0.717, 1.165) is 27.5 Å². The lowest BCUT2D eigenvalue weighted by Crippen LogP contribution is -2.41. The number of carboxylic acids is 1. The van der Waals surface area contributed by atoms with Crippen molar-refractivity contribution >= 4 is 11.9 Å². The predicted octanol–water partition coefficient (Wildman–Crippen LogP) is 7.64. The van der Waals surface area contributed by atoms with Crippen LogP contribution >= 0.6 is 0 Å². The molecule has 49 heavy (non-hydrogen) atoms. The Balaban J connectivity index is 1.87. The maximum absolute atomic E-state index is 16.7. The van der Waals surface area contributed by atoms with Gasteiger partial charge >= 0.3 is 12.1 Å². The van der Waals surface area contributed by atoms with E-state index in [1.165, 1.54) is 6.07 Å². The number of carbonyl (C=O) groups is 2. The lowest BCUT2D eigenvalue weighted by atomic mass is 9.87. The highest BCUT2D eigenvalue weighted by Gasteiger charge is 2.38. The number of aliphatic carboxylic acids is 1. The number of amides is 1. The molecule has 4 rings (SSSR count). The summed E-state index contributed by atoms with van der Waals surface area (Å²) in [4.78, 5) is 41.1. The fourth-order valence-corrected chi connectivity index (χ4v) is 6.57. The Kier molecular flexibility index (Phi) is 11.4. The summed E-state index contributed by atoms with van der Waals surface area (Å²) in [5.41, 5.74) is 0.244. The number of carboxylic acid groups (broad SMARTS) is 1. The molecule has 2 N–H and O–H groups in total. The van der Waals surface area contributed by atoms with Crippen molar-refractivity contribution in [2.45, 2.75) is 90.9 Å². The average molecular weight is 690 g/mol. The molecule has 0 radical (unpaired) electrons. The number of aromatic nitrogens is 1. The van der Waals surface area contributed by atoms with E-state index >= 15 is 8.78 Å². The van der Waals surface area contributed by atoms with E-state index in [1.54, 1.807) is 46.7 Å². The van der Waals surface area contributed by atoms with Crippen LogP contribution in [0.3, 0.4) is 0 Å². The Bertz CT molecular complexity index is 1770. The highest BCUT2D eigenvalue weighted by atomic mass is 19.4. The van der Waals surface area contributed by atoms with Crippen LogP contribution in [0.25, 0.3) is 11.1 Å². The quantitative estimate of drug-likeness (QED) is 0.180. The van der Waals surface area contributed by atoms with Crippen molar-refractivity contribution in [2.24, 2.45) is 5.92 Å². The molecule has 12 heteroatoms. The summed E-state index contributed by atoms with van der Waals surface area (Å²) in [5.74, 6) is -4.80. The lowest BCUT2D eigenvalue weighted by Gasteiger charge is -2.27. The molecule has 0 saturated heterocycles. The summed E-state index contributed by atoms with van der Waals surface area (Å²) >= 11 is 0. The number of alkyl halides is 3. The van der Waals surface area contributed by atoms with E-state index in [4.69, 9.17) is 0 Å². The first kappa shape index (κ1) is 37.8. The molecule has 266 valence electrons. The van der Waals surface area contributed by atoms with E-state index < -0.39 is 64.9 Å². The number of nitrogens with one attached hydrogen (secondary N) is 1. The number of rotatable bonds is 13. The van der Waals surface area contributed by atoms with Gasteiger partial charge in [-0.05, 0) is 106 Å². The van der Waals surface area contributed by atoms with Crippen LogP contribution in [0, 0.1) is 38.3 Å². The Labute approximate surface area is 283 Å². The Morgan fingerprint density at radius 1 is 1.02 bits per heavy atom. The molecule has 2 unspecified atom stereocenters. The monoisotopic (exact) mass is 689 g/mol. The van der Waals surface area contributed by atoms with E-state index in [2.05, 4.69) is 5.32 Å². The molecule has 1 fully saturated rings. The molecule has 0 spiro atoms. The van der Waals surface area contributed by atoms with E-state index in [1.807, 2.05) is 19.1 Å². The Morgan fingerprint density at radius 2 is 1.63 bits per heavy atom. The molecule has 1 aromatic heterocycles. The second kappa shape index (κ2) is 14.8. The van der Waals surface area contributed by atoms with Crippen LogP contribution in [0.4, 0.5) is 22.0 Å². The number of hydrogen-bond donors (Lipinski definition) is 2. The SMILES string of the molecule is Cc1cc(C)c(-c2cc(C3CC3)c(F)c(C(CC(=O)O)NC(=O)C(CC(C)C)n3cc(CCN(C)C)c(C(F)(F)F)cc3=O)c2F)c(C)c1. The minimum absolute atomic E-state index is 0.0237. The molecule has 1 aliphatic carbocycles. The van der Waals surface area contributed by atoms with Crippen molar-refractivity contribution in [3.63, 3.8) is 0 Å². The number of benzene rings is 2. The van der Waals surface area contributed by atoms with Gasteiger partial charge in [0.25, 0.3) is 5.56 Å². The van der Waals surface area contributed by atoms with Gasteiger partial charge < -0.3 is 19.9 Å². The molecule has 2 atom stereocenters. The molecule has 1 amide bonds. The van der Waals surface area contributed by atoms with Gasteiger partial charge in [-0.2, -0.15) is 13.2 Å². The molecule has 1 saturated carbocycles. The topological polar surface area (TPSA) is 91.6 Å². The van der Waals surface area contributed by atoms with Gasteiger partial charge in [0.05, 0.1) is 18.0 Å². The predicted molar refractivity (Wildman–Crippen MR) is 178 cm³/mol. The van der Waals surface area contributed by atoms with Crippen molar-refractivity contribution in [2.75, 3.05) is 20.6 Å². The largest absolute Gasteiger partial charge is 0.481 e. The van der Waals surface area contributed by atoms with Crippen molar-refractivity contribution in [3.05, 3.63) is 91.4 Å². The summed E-state index contributed by atoms with van der Waals surface area (Å²) in [6, 6.07) is 2.56. The number of hydrogen-bond acceptors (Lipinski definition) is 4. The number of halogens is 5. The average Bonchev–Trinajstić information content (AvgIpc) is 3.80. The van der Waals surface area contributed by atoms with Crippen LogP contribution in [0.2, 0.25) is 0 Å². The zero-order valence-electron chi connectivity index (χ0n) is 28.9. The molecule has 3 aromatic rings. The van der Waals surface area contributed by atoms with Gasteiger partial charge in [0.2, 0.25) is 5.91 Å². The molecular weight excluding hydrogens is 645 g/mol. The number of likely N-dealkylation sites (N-methyl/N-ethyl adjacent to an activating group) is 1. The summed E-state index contributed by atoms with van der Waals surface area (Å²) in [6.07, 6.45) is -3.48. The van der Waals surface area contributed by atoms with E-state index in [9.17, 15) is 32.7 Å². The molecule has 0 aliphatic heterocycles. The zero-order valence-corrected chi connectivity index (χ0v) is 28.9. The summed E-state index contributed by atoms with van der Waals surface area (Å²) in [7, 11) is 3.37. The molecule has 1 heterocycles. The zero-order chi connectivity index (χ0) is 36.5. The first-order valence-electron chi connectivity index (χ1n) is 16.4. The minimum Gasteiger partial charge on any atom is -0.481 e. The van der Waals surface area contributed by atoms with E-state index in [-0.39, 0.29) is 47.9 Å². The summed E-state index contributed by atoms with van der Waals surface area (Å²) < 4.78 is 75.8. The minimum atomic E-state index is -4.82. The highest BCUT2D eigenvalue weighted by molar-refractivity contribution is 5.82. The first-order chi connectivity index (χ1) is 22.8. The summed E-state index contributed by atoms with van der Waals surface area (Å²) in [6.45, 7) is 9.21. The second-order valence-corrected chi connectivity index (χ2v) is 13.9. The van der Waals surface area contributed by atoms with Crippen molar-refractivity contribution in [1.29, 1.82) is 0 Å². The number of carbonyl (C=O) groups excluding carboxylic acids is 1. The van der Waals surface area contributed by atoms with Gasteiger partial charge in [0, 0.05) is 29.9 Å². The fourth-order valence-electron chi connectivity index (χ4n) is 6.57. The summed E-state index contributed by atoms with van der Waals surface area (Å²) in [5, 5.41) is 12.4. The van der Waals surface area contributed by atoms with Crippen LogP contribution in [0.1, 0.15) is 96.5 Å². The number of pyridine rings is 1.